The normalized spacial score (nSPS) is 10.7. The van der Waals surface area contributed by atoms with Crippen molar-refractivity contribution in [2.45, 2.75) is 65.1 Å². The van der Waals surface area contributed by atoms with Crippen molar-refractivity contribution in [1.82, 2.24) is 0 Å². The Bertz CT molecular complexity index is 406. The first kappa shape index (κ1) is 29.7. The quantitative estimate of drug-likeness (QED) is 0.395. The fraction of sp³-hybridized carbons (Fsp3) is 0.556. The van der Waals surface area contributed by atoms with E-state index in [2.05, 4.69) is 58.9 Å². The van der Waals surface area contributed by atoms with Crippen molar-refractivity contribution in [3.05, 3.63) is 40.3 Å². The molecule has 0 saturated carbocycles. The van der Waals surface area contributed by atoms with E-state index in [0.717, 1.165) is 17.7 Å². The Hall–Kier alpha value is -0.0565. The molecule has 0 bridgehead atoms. The predicted octanol–water partition coefficient (Wildman–Crippen LogP) is 6.96. The van der Waals surface area contributed by atoms with E-state index in [1.165, 1.54) is 12.1 Å². The van der Waals surface area contributed by atoms with Crippen LogP contribution in [0.1, 0.15) is 11.1 Å². The molecule has 0 spiro atoms. The summed E-state index contributed by atoms with van der Waals surface area (Å²) in [6.45, 7) is 20.4. The molecule has 1 rings (SSSR count). The zero-order valence-electron chi connectivity index (χ0n) is 17.1. The molecule has 6 radical (unpaired) electrons. The van der Waals surface area contributed by atoms with Crippen LogP contribution in [0.2, 0.25) is 58.9 Å². The molecule has 0 N–H and O–H groups in total. The van der Waals surface area contributed by atoms with Crippen molar-refractivity contribution < 1.29 is 13.2 Å². The van der Waals surface area contributed by atoms with Crippen molar-refractivity contribution in [2.75, 3.05) is 0 Å². The summed E-state index contributed by atoms with van der Waals surface area (Å²) in [5, 5.41) is 0. The van der Waals surface area contributed by atoms with Gasteiger partial charge in [0.2, 0.25) is 0 Å². The molecule has 0 aliphatic heterocycles. The van der Waals surface area contributed by atoms with E-state index in [1.807, 2.05) is 16.5 Å². The van der Waals surface area contributed by atoms with Gasteiger partial charge in [0.15, 0.2) is 0 Å². The Morgan fingerprint density at radius 3 is 1.20 bits per heavy atom. The molecular formula is C18H33F3GeSi3. The second kappa shape index (κ2) is 17.4. The summed E-state index contributed by atoms with van der Waals surface area (Å²) in [6, 6.07) is 5.05. The first-order valence-corrected chi connectivity index (χ1v) is 18.3. The van der Waals surface area contributed by atoms with Crippen LogP contribution in [0.15, 0.2) is 29.2 Å². The second-order valence-electron chi connectivity index (χ2n) is 6.95. The molecule has 0 nitrogen and oxygen atoms in total. The Kier molecular flexibility index (Phi) is 20.6. The summed E-state index contributed by atoms with van der Waals surface area (Å²) >= 11 is 1.82. The number of hydrogen-bond acceptors (Lipinski definition) is 0. The number of alkyl halides is 3. The van der Waals surface area contributed by atoms with Gasteiger partial charge in [-0.25, -0.2) is 0 Å². The Labute approximate surface area is 167 Å². The SMILES string of the molecule is C[Si](C)C.C[Si](C)C.C[Si](C)C.FC(F)(F)c1ccc(/C=[CH]\[Ge])cc1. The Morgan fingerprint density at radius 2 is 1.00 bits per heavy atom. The molecule has 25 heavy (non-hydrogen) atoms. The van der Waals surface area contributed by atoms with Gasteiger partial charge in [-0.2, -0.15) is 0 Å². The Balaban J connectivity index is -0.000000333. The van der Waals surface area contributed by atoms with E-state index in [0.29, 0.717) is 0 Å². The third-order valence-corrected chi connectivity index (χ3v) is 1.86. The first-order chi connectivity index (χ1) is 11.2. The van der Waals surface area contributed by atoms with Crippen LogP contribution in [0, 0.1) is 0 Å². The topological polar surface area (TPSA) is 0 Å². The summed E-state index contributed by atoms with van der Waals surface area (Å²) in [7, 11) is 0.361. The monoisotopic (exact) mass is 464 g/mol. The van der Waals surface area contributed by atoms with E-state index in [4.69, 9.17) is 0 Å². The molecule has 0 unspecified atom stereocenters. The van der Waals surface area contributed by atoms with E-state index >= 15 is 0 Å². The van der Waals surface area contributed by atoms with Crippen LogP contribution >= 0.6 is 0 Å². The van der Waals surface area contributed by atoms with Gasteiger partial charge in [-0.1, -0.05) is 58.9 Å². The standard InChI is InChI=1S/C9H6F3Ge.3C3H9Si/c10-9(11,12)8-3-1-7(2-4-8)5-6-13;3*1-4(2)3/h1-6H;3*1-3H3/b6-5-;;;. The fourth-order valence-electron chi connectivity index (χ4n) is 0.879. The van der Waals surface area contributed by atoms with Gasteiger partial charge in [-0.05, 0) is 0 Å². The Morgan fingerprint density at radius 1 is 0.720 bits per heavy atom. The molecule has 0 saturated heterocycles. The third-order valence-electron chi connectivity index (χ3n) is 1.51. The molecule has 1 aromatic carbocycles. The van der Waals surface area contributed by atoms with E-state index < -0.39 is 11.7 Å². The van der Waals surface area contributed by atoms with Crippen molar-refractivity contribution in [1.29, 1.82) is 0 Å². The van der Waals surface area contributed by atoms with E-state index in [9.17, 15) is 13.2 Å². The summed E-state index contributed by atoms with van der Waals surface area (Å²) in [6.07, 6.45) is -2.49. The number of halogens is 3. The molecule has 0 amide bonds. The van der Waals surface area contributed by atoms with Gasteiger partial charge in [0, 0.05) is 26.4 Å². The molecule has 0 heterocycles. The average molecular weight is 463 g/mol. The van der Waals surface area contributed by atoms with Crippen LogP contribution in [0.25, 0.3) is 6.08 Å². The fourth-order valence-corrected chi connectivity index (χ4v) is 1.28. The van der Waals surface area contributed by atoms with Gasteiger partial charge in [0.25, 0.3) is 0 Å². The molecule has 0 atom stereocenters. The molecule has 0 aliphatic carbocycles. The average Bonchev–Trinajstić information content (AvgIpc) is 2.36. The van der Waals surface area contributed by atoms with Crippen LogP contribution in [-0.2, 0) is 6.18 Å². The number of benzene rings is 1. The first-order valence-electron chi connectivity index (χ1n) is 8.05. The summed E-state index contributed by atoms with van der Waals surface area (Å²) in [5.74, 6) is 0. The maximum absolute atomic E-state index is 12.1. The molecule has 0 aromatic heterocycles. The number of rotatable bonds is 1. The van der Waals surface area contributed by atoms with Gasteiger partial charge in [-0.15, -0.1) is 0 Å². The van der Waals surface area contributed by atoms with Crippen molar-refractivity contribution >= 4 is 49.0 Å². The summed E-state index contributed by atoms with van der Waals surface area (Å²) in [5.41, 5.74) is 0.163. The molecule has 0 aliphatic rings. The molecule has 0 fully saturated rings. The molecule has 1 aromatic rings. The third kappa shape index (κ3) is 32.1. The van der Waals surface area contributed by atoms with Crippen molar-refractivity contribution in [3.63, 3.8) is 0 Å². The van der Waals surface area contributed by atoms with Gasteiger partial charge >= 0.3 is 82.2 Å². The van der Waals surface area contributed by atoms with Crippen molar-refractivity contribution in [3.8, 4) is 0 Å². The predicted molar refractivity (Wildman–Crippen MR) is 116 cm³/mol. The molecule has 142 valence electrons. The van der Waals surface area contributed by atoms with Crippen molar-refractivity contribution in [2.24, 2.45) is 0 Å². The minimum absolute atomic E-state index is 0.120. The summed E-state index contributed by atoms with van der Waals surface area (Å²) < 4.78 is 36.3. The van der Waals surface area contributed by atoms with Gasteiger partial charge in [0.1, 0.15) is 0 Å². The van der Waals surface area contributed by atoms with Gasteiger partial charge in [0.05, 0.1) is 0 Å². The summed E-state index contributed by atoms with van der Waals surface area (Å²) in [4.78, 5) is 1.78. The second-order valence-corrected chi connectivity index (χ2v) is 16.7. The minimum atomic E-state index is -4.24. The molecular weight excluding hydrogens is 430 g/mol. The van der Waals surface area contributed by atoms with E-state index in [1.54, 1.807) is 11.0 Å². The van der Waals surface area contributed by atoms with Gasteiger partial charge in [-0.3, -0.25) is 0 Å². The zero-order valence-corrected chi connectivity index (χ0v) is 22.2. The van der Waals surface area contributed by atoms with Crippen LogP contribution in [-0.4, -0.2) is 42.9 Å². The zero-order chi connectivity index (χ0) is 20.6. The van der Waals surface area contributed by atoms with Crippen LogP contribution in [0.4, 0.5) is 13.2 Å². The van der Waals surface area contributed by atoms with E-state index in [-0.39, 0.29) is 26.4 Å². The number of hydrogen-bond donors (Lipinski definition) is 0. The van der Waals surface area contributed by atoms with Crippen LogP contribution in [0.3, 0.4) is 0 Å². The maximum atomic E-state index is 12.1. The van der Waals surface area contributed by atoms with Crippen LogP contribution in [0.5, 0.6) is 0 Å². The van der Waals surface area contributed by atoms with Gasteiger partial charge < -0.3 is 0 Å². The molecule has 7 heteroatoms. The van der Waals surface area contributed by atoms with Crippen LogP contribution < -0.4 is 0 Å².